The molecule has 1 fully saturated rings. The maximum Gasteiger partial charge on any atom is 0.259 e. The predicted octanol–water partition coefficient (Wildman–Crippen LogP) is 2.55. The molecule has 2 unspecified atom stereocenters. The van der Waals surface area contributed by atoms with E-state index in [0.717, 1.165) is 18.2 Å². The van der Waals surface area contributed by atoms with E-state index in [1.807, 2.05) is 0 Å². The lowest BCUT2D eigenvalue weighted by atomic mass is 9.80. The summed E-state index contributed by atoms with van der Waals surface area (Å²) in [6.45, 7) is 0.458. The fourth-order valence-corrected chi connectivity index (χ4v) is 5.34. The molecular weight excluding hydrogens is 366 g/mol. The second-order valence-corrected chi connectivity index (χ2v) is 7.97. The summed E-state index contributed by atoms with van der Waals surface area (Å²) in [6, 6.07) is 0. The Kier molecular flexibility index (Phi) is 5.50. The Bertz CT molecular complexity index is 542. The highest BCUT2D eigenvalue weighted by Crippen LogP contribution is 2.31. The normalized spacial score (nSPS) is 23.9. The monoisotopic (exact) mass is 383 g/mol. The minimum Gasteiger partial charge on any atom is -0.255 e. The van der Waals surface area contributed by atoms with Crippen molar-refractivity contribution in [2.45, 2.75) is 30.7 Å². The lowest BCUT2D eigenvalue weighted by Crippen LogP contribution is -2.35. The summed E-state index contributed by atoms with van der Waals surface area (Å²) in [5.74, 6) is 0.915. The molecule has 8 heteroatoms. The largest absolute Gasteiger partial charge is 0.259 e. The van der Waals surface area contributed by atoms with Crippen molar-refractivity contribution in [2.24, 2.45) is 18.9 Å². The summed E-state index contributed by atoms with van der Waals surface area (Å²) >= 11 is 9.42. The van der Waals surface area contributed by atoms with Gasteiger partial charge in [0.15, 0.2) is 5.03 Å². The maximum atomic E-state index is 12.3. The van der Waals surface area contributed by atoms with Gasteiger partial charge in [0.1, 0.15) is 0 Å². The minimum atomic E-state index is -3.61. The van der Waals surface area contributed by atoms with Crippen molar-refractivity contribution in [1.82, 2.24) is 14.5 Å². The summed E-state index contributed by atoms with van der Waals surface area (Å²) in [5.41, 5.74) is 0. The first-order chi connectivity index (χ1) is 9.45. The highest BCUT2D eigenvalue weighted by Gasteiger charge is 2.28. The van der Waals surface area contributed by atoms with Gasteiger partial charge < -0.3 is 0 Å². The quantitative estimate of drug-likeness (QED) is 0.794. The molecule has 0 aromatic carbocycles. The molecule has 0 saturated heterocycles. The molecule has 114 valence electrons. The zero-order chi connectivity index (χ0) is 14.8. The Morgan fingerprint density at radius 3 is 2.65 bits per heavy atom. The van der Waals surface area contributed by atoms with Gasteiger partial charge >= 0.3 is 0 Å². The average molecular weight is 385 g/mol. The number of halogens is 2. The summed E-state index contributed by atoms with van der Waals surface area (Å²) in [4.78, 5) is 0. The van der Waals surface area contributed by atoms with E-state index in [1.165, 1.54) is 23.7 Å². The first-order valence-corrected chi connectivity index (χ1v) is 9.67. The van der Waals surface area contributed by atoms with E-state index in [0.29, 0.717) is 18.4 Å². The number of nitrogens with zero attached hydrogens (tertiary/aromatic N) is 2. The molecule has 0 aliphatic heterocycles. The van der Waals surface area contributed by atoms with Gasteiger partial charge in [-0.15, -0.1) is 0 Å². The second kappa shape index (κ2) is 6.77. The van der Waals surface area contributed by atoms with E-state index in [4.69, 9.17) is 11.6 Å². The SMILES string of the molecule is Cn1ncc(Cl)c1S(=O)(=O)NCC1CCCCC1CBr. The van der Waals surface area contributed by atoms with E-state index >= 15 is 0 Å². The number of aromatic nitrogens is 2. The number of hydrogen-bond acceptors (Lipinski definition) is 3. The Morgan fingerprint density at radius 2 is 2.10 bits per heavy atom. The number of nitrogens with one attached hydrogen (secondary N) is 1. The van der Waals surface area contributed by atoms with Crippen molar-refractivity contribution in [1.29, 1.82) is 0 Å². The first kappa shape index (κ1) is 16.3. The smallest absolute Gasteiger partial charge is 0.255 e. The molecule has 5 nitrogen and oxygen atoms in total. The summed E-state index contributed by atoms with van der Waals surface area (Å²) in [5, 5.41) is 4.98. The number of sulfonamides is 1. The summed E-state index contributed by atoms with van der Waals surface area (Å²) in [6.07, 6.45) is 5.97. The van der Waals surface area contributed by atoms with Crippen LogP contribution in [0.15, 0.2) is 11.2 Å². The lowest BCUT2D eigenvalue weighted by Gasteiger charge is -2.30. The van der Waals surface area contributed by atoms with Crippen molar-refractivity contribution in [3.05, 3.63) is 11.2 Å². The molecule has 0 amide bonds. The molecule has 0 radical (unpaired) electrons. The van der Waals surface area contributed by atoms with Crippen LogP contribution < -0.4 is 4.72 Å². The molecule has 1 saturated carbocycles. The highest BCUT2D eigenvalue weighted by atomic mass is 79.9. The van der Waals surface area contributed by atoms with Gasteiger partial charge in [0.05, 0.1) is 11.2 Å². The third-order valence-corrected chi connectivity index (χ3v) is 6.66. The van der Waals surface area contributed by atoms with Crippen molar-refractivity contribution >= 4 is 37.6 Å². The van der Waals surface area contributed by atoms with E-state index in [2.05, 4.69) is 25.8 Å². The van der Waals surface area contributed by atoms with Gasteiger partial charge in [0, 0.05) is 18.9 Å². The van der Waals surface area contributed by atoms with E-state index < -0.39 is 10.0 Å². The van der Waals surface area contributed by atoms with Crippen LogP contribution in [0, 0.1) is 11.8 Å². The molecule has 0 spiro atoms. The van der Waals surface area contributed by atoms with Crippen LogP contribution in [-0.2, 0) is 17.1 Å². The first-order valence-electron chi connectivity index (χ1n) is 6.69. The number of rotatable bonds is 5. The van der Waals surface area contributed by atoms with Crippen LogP contribution in [0.2, 0.25) is 5.02 Å². The van der Waals surface area contributed by atoms with E-state index in [9.17, 15) is 8.42 Å². The number of aryl methyl sites for hydroxylation is 1. The van der Waals surface area contributed by atoms with Crippen molar-refractivity contribution < 1.29 is 8.42 Å². The van der Waals surface area contributed by atoms with Crippen LogP contribution in [0.25, 0.3) is 0 Å². The minimum absolute atomic E-state index is 0.0327. The molecule has 1 aliphatic carbocycles. The molecule has 2 rings (SSSR count). The van der Waals surface area contributed by atoms with Crippen LogP contribution in [0.1, 0.15) is 25.7 Å². The molecule has 1 aromatic heterocycles. The second-order valence-electron chi connectivity index (χ2n) is 5.23. The Morgan fingerprint density at radius 1 is 1.45 bits per heavy atom. The van der Waals surface area contributed by atoms with Gasteiger partial charge in [-0.2, -0.15) is 5.10 Å². The molecule has 1 aliphatic rings. The molecule has 1 N–H and O–H groups in total. The van der Waals surface area contributed by atoms with Gasteiger partial charge in [-0.05, 0) is 24.7 Å². The fourth-order valence-electron chi connectivity index (χ4n) is 2.74. The van der Waals surface area contributed by atoms with Gasteiger partial charge in [-0.25, -0.2) is 13.1 Å². The van der Waals surface area contributed by atoms with E-state index in [1.54, 1.807) is 7.05 Å². The molecule has 0 bridgehead atoms. The van der Waals surface area contributed by atoms with Gasteiger partial charge in [-0.1, -0.05) is 40.4 Å². The molecular formula is C12H19BrClN3O2S. The highest BCUT2D eigenvalue weighted by molar-refractivity contribution is 9.09. The van der Waals surface area contributed by atoms with Crippen molar-refractivity contribution in [3.63, 3.8) is 0 Å². The summed E-state index contributed by atoms with van der Waals surface area (Å²) in [7, 11) is -2.03. The predicted molar refractivity (Wildman–Crippen MR) is 82.6 cm³/mol. The number of hydrogen-bond donors (Lipinski definition) is 1. The van der Waals surface area contributed by atoms with Gasteiger partial charge in [-0.3, -0.25) is 4.68 Å². The van der Waals surface area contributed by atoms with Crippen LogP contribution >= 0.6 is 27.5 Å². The zero-order valence-electron chi connectivity index (χ0n) is 11.3. The van der Waals surface area contributed by atoms with Crippen LogP contribution in [0.3, 0.4) is 0 Å². The third kappa shape index (κ3) is 3.55. The maximum absolute atomic E-state index is 12.3. The Hall–Kier alpha value is -0.110. The van der Waals surface area contributed by atoms with Crippen LogP contribution in [0.4, 0.5) is 0 Å². The van der Waals surface area contributed by atoms with Gasteiger partial charge in [0.2, 0.25) is 0 Å². The molecule has 20 heavy (non-hydrogen) atoms. The third-order valence-electron chi connectivity index (χ3n) is 3.90. The Labute approximate surface area is 133 Å². The standard InChI is InChI=1S/C12H19BrClN3O2S/c1-17-12(11(14)8-15-17)20(18,19)16-7-10-5-3-2-4-9(10)6-13/h8-10,16H,2-7H2,1H3. The van der Waals surface area contributed by atoms with Crippen molar-refractivity contribution in [2.75, 3.05) is 11.9 Å². The molecule has 2 atom stereocenters. The van der Waals surface area contributed by atoms with Gasteiger partial charge in [0.25, 0.3) is 10.0 Å². The van der Waals surface area contributed by atoms with Crippen LogP contribution in [-0.4, -0.2) is 30.1 Å². The topological polar surface area (TPSA) is 64.0 Å². The van der Waals surface area contributed by atoms with Crippen molar-refractivity contribution in [3.8, 4) is 0 Å². The summed E-state index contributed by atoms with van der Waals surface area (Å²) < 4.78 is 28.6. The Balaban J connectivity index is 2.06. The van der Waals surface area contributed by atoms with Crippen LogP contribution in [0.5, 0.6) is 0 Å². The number of alkyl halides is 1. The molecule has 1 heterocycles. The zero-order valence-corrected chi connectivity index (χ0v) is 14.5. The molecule has 1 aromatic rings. The van der Waals surface area contributed by atoms with E-state index in [-0.39, 0.29) is 10.0 Å². The average Bonchev–Trinajstić information content (AvgIpc) is 2.77. The lowest BCUT2D eigenvalue weighted by molar-refractivity contribution is 0.263. The fraction of sp³-hybridized carbons (Fsp3) is 0.750.